The molecule has 6 heteroatoms. The first kappa shape index (κ1) is 18.0. The van der Waals surface area contributed by atoms with E-state index in [1.54, 1.807) is 30.5 Å². The summed E-state index contributed by atoms with van der Waals surface area (Å²) in [5, 5.41) is 8.74. The van der Waals surface area contributed by atoms with Crippen LogP contribution in [-0.2, 0) is 13.0 Å². The van der Waals surface area contributed by atoms with Crippen LogP contribution >= 0.6 is 11.3 Å². The molecule has 1 unspecified atom stereocenters. The molecular weight excluding hydrogens is 320 g/mol. The lowest BCUT2D eigenvalue weighted by molar-refractivity contribution is 0.100. The van der Waals surface area contributed by atoms with Crippen molar-refractivity contribution in [2.45, 2.75) is 19.9 Å². The number of aliphatic imine (C=N–C) groups is 1. The fourth-order valence-electron chi connectivity index (χ4n) is 2.31. The van der Waals surface area contributed by atoms with E-state index in [1.165, 1.54) is 4.88 Å². The summed E-state index contributed by atoms with van der Waals surface area (Å²) in [6.45, 7) is 3.72. The predicted molar refractivity (Wildman–Crippen MR) is 100 cm³/mol. The molecule has 128 valence electrons. The second-order valence-electron chi connectivity index (χ2n) is 5.76. The molecular formula is C18H24N4OS. The zero-order valence-corrected chi connectivity index (χ0v) is 14.9. The predicted octanol–water partition coefficient (Wildman–Crippen LogP) is 2.39. The molecule has 0 aliphatic carbocycles. The van der Waals surface area contributed by atoms with Gasteiger partial charge in [-0.15, -0.1) is 11.3 Å². The van der Waals surface area contributed by atoms with Crippen LogP contribution in [0.5, 0.6) is 0 Å². The van der Waals surface area contributed by atoms with Gasteiger partial charge in [-0.25, -0.2) is 0 Å². The molecule has 0 saturated heterocycles. The summed E-state index contributed by atoms with van der Waals surface area (Å²) >= 11 is 1.80. The molecule has 1 aromatic heterocycles. The smallest absolute Gasteiger partial charge is 0.248 e. The number of hydrogen-bond donors (Lipinski definition) is 3. The third kappa shape index (κ3) is 5.70. The number of nitrogens with zero attached hydrogens (tertiary/aromatic N) is 1. The van der Waals surface area contributed by atoms with Gasteiger partial charge in [0.25, 0.3) is 0 Å². The number of guanidine groups is 1. The normalized spacial score (nSPS) is 12.7. The quantitative estimate of drug-likeness (QED) is 0.533. The first-order chi connectivity index (χ1) is 11.6. The molecule has 1 heterocycles. The van der Waals surface area contributed by atoms with E-state index in [0.717, 1.165) is 24.5 Å². The van der Waals surface area contributed by atoms with E-state index in [9.17, 15) is 4.79 Å². The second-order valence-corrected chi connectivity index (χ2v) is 6.79. The number of nitrogens with one attached hydrogen (secondary N) is 2. The molecule has 0 aliphatic heterocycles. The van der Waals surface area contributed by atoms with Crippen LogP contribution in [0.1, 0.15) is 27.7 Å². The highest BCUT2D eigenvalue weighted by atomic mass is 32.1. The van der Waals surface area contributed by atoms with E-state index in [-0.39, 0.29) is 0 Å². The topological polar surface area (TPSA) is 79.5 Å². The fourth-order valence-corrected chi connectivity index (χ4v) is 3.18. The van der Waals surface area contributed by atoms with E-state index in [1.807, 2.05) is 12.1 Å². The first-order valence-electron chi connectivity index (χ1n) is 7.94. The van der Waals surface area contributed by atoms with Gasteiger partial charge in [0.2, 0.25) is 5.91 Å². The van der Waals surface area contributed by atoms with Crippen molar-refractivity contribution in [2.24, 2.45) is 16.6 Å². The van der Waals surface area contributed by atoms with Gasteiger partial charge in [0, 0.05) is 30.6 Å². The van der Waals surface area contributed by atoms with Gasteiger partial charge in [0.1, 0.15) is 0 Å². The number of carbonyl (C=O) groups excluding carboxylic acids is 1. The molecule has 0 spiro atoms. The van der Waals surface area contributed by atoms with Gasteiger partial charge in [-0.2, -0.15) is 0 Å². The highest BCUT2D eigenvalue weighted by Gasteiger charge is 2.06. The van der Waals surface area contributed by atoms with E-state index >= 15 is 0 Å². The Labute approximate surface area is 147 Å². The van der Waals surface area contributed by atoms with Gasteiger partial charge in [0.05, 0.1) is 0 Å². The number of hydrogen-bond acceptors (Lipinski definition) is 3. The number of nitrogens with two attached hydrogens (primary N) is 1. The van der Waals surface area contributed by atoms with E-state index in [4.69, 9.17) is 5.73 Å². The van der Waals surface area contributed by atoms with Crippen LogP contribution in [0.25, 0.3) is 0 Å². The minimum absolute atomic E-state index is 0.410. The maximum Gasteiger partial charge on any atom is 0.248 e. The monoisotopic (exact) mass is 344 g/mol. The molecule has 5 nitrogen and oxygen atoms in total. The molecule has 0 radical (unpaired) electrons. The summed E-state index contributed by atoms with van der Waals surface area (Å²) in [5.41, 5.74) is 6.82. The van der Waals surface area contributed by atoms with E-state index in [0.29, 0.717) is 18.0 Å². The first-order valence-corrected chi connectivity index (χ1v) is 8.82. The SMILES string of the molecule is CN=C(NCc1ccc(C(N)=O)cc1)NCC(C)Cc1cccs1. The largest absolute Gasteiger partial charge is 0.366 e. The lowest BCUT2D eigenvalue weighted by Gasteiger charge is -2.15. The summed E-state index contributed by atoms with van der Waals surface area (Å²) in [6, 6.07) is 11.5. The summed E-state index contributed by atoms with van der Waals surface area (Å²) < 4.78 is 0. The standard InChI is InChI=1S/C18H24N4OS/c1-13(10-16-4-3-9-24-16)11-21-18(20-2)22-12-14-5-7-15(8-6-14)17(19)23/h3-9,13H,10-12H2,1-2H3,(H2,19,23)(H2,20,21,22). The van der Waals surface area contributed by atoms with Gasteiger partial charge in [-0.1, -0.05) is 25.1 Å². The number of benzene rings is 1. The summed E-state index contributed by atoms with van der Waals surface area (Å²) in [7, 11) is 1.76. The van der Waals surface area contributed by atoms with Crippen molar-refractivity contribution in [1.82, 2.24) is 10.6 Å². The Morgan fingerprint density at radius 3 is 2.58 bits per heavy atom. The Morgan fingerprint density at radius 2 is 2.00 bits per heavy atom. The van der Waals surface area contributed by atoms with E-state index < -0.39 is 5.91 Å². The molecule has 0 bridgehead atoms. The highest BCUT2D eigenvalue weighted by Crippen LogP contribution is 2.13. The third-order valence-corrected chi connectivity index (χ3v) is 4.57. The number of carbonyl (C=O) groups is 1. The van der Waals surface area contributed by atoms with Crippen molar-refractivity contribution in [2.75, 3.05) is 13.6 Å². The zero-order chi connectivity index (χ0) is 17.4. The second kappa shape index (κ2) is 9.08. The molecule has 1 aromatic carbocycles. The van der Waals surface area contributed by atoms with Crippen molar-refractivity contribution in [1.29, 1.82) is 0 Å². The lowest BCUT2D eigenvalue weighted by atomic mass is 10.1. The highest BCUT2D eigenvalue weighted by molar-refractivity contribution is 7.09. The van der Waals surface area contributed by atoms with Crippen molar-refractivity contribution in [3.8, 4) is 0 Å². The van der Waals surface area contributed by atoms with Crippen molar-refractivity contribution in [3.63, 3.8) is 0 Å². The van der Waals surface area contributed by atoms with Crippen molar-refractivity contribution < 1.29 is 4.79 Å². The fraction of sp³-hybridized carbons (Fsp3) is 0.333. The molecule has 1 atom stereocenters. The Kier molecular flexibility index (Phi) is 6.81. The lowest BCUT2D eigenvalue weighted by Crippen LogP contribution is -2.39. The van der Waals surface area contributed by atoms with Gasteiger partial charge < -0.3 is 16.4 Å². The van der Waals surface area contributed by atoms with Crippen LogP contribution in [-0.4, -0.2) is 25.5 Å². The van der Waals surface area contributed by atoms with E-state index in [2.05, 4.69) is 40.1 Å². The van der Waals surface area contributed by atoms with Crippen LogP contribution in [0.4, 0.5) is 0 Å². The van der Waals surface area contributed by atoms with Crippen LogP contribution in [0, 0.1) is 5.92 Å². The average Bonchev–Trinajstić information content (AvgIpc) is 3.08. The minimum Gasteiger partial charge on any atom is -0.366 e. The number of rotatable bonds is 7. The summed E-state index contributed by atoms with van der Waals surface area (Å²) in [6.07, 6.45) is 1.07. The Morgan fingerprint density at radius 1 is 1.25 bits per heavy atom. The zero-order valence-electron chi connectivity index (χ0n) is 14.1. The number of amides is 1. The molecule has 2 rings (SSSR count). The van der Waals surface area contributed by atoms with Crippen LogP contribution in [0.15, 0.2) is 46.8 Å². The number of primary amides is 1. The Balaban J connectivity index is 1.76. The molecule has 1 amide bonds. The number of thiophene rings is 1. The maximum absolute atomic E-state index is 11.1. The van der Waals surface area contributed by atoms with Gasteiger partial charge in [-0.3, -0.25) is 9.79 Å². The van der Waals surface area contributed by atoms with Crippen LogP contribution in [0.2, 0.25) is 0 Å². The molecule has 2 aromatic rings. The summed E-state index contributed by atoms with van der Waals surface area (Å²) in [4.78, 5) is 16.7. The maximum atomic E-state index is 11.1. The minimum atomic E-state index is -0.410. The van der Waals surface area contributed by atoms with Crippen LogP contribution < -0.4 is 16.4 Å². The molecule has 0 fully saturated rings. The van der Waals surface area contributed by atoms with Crippen LogP contribution in [0.3, 0.4) is 0 Å². The summed E-state index contributed by atoms with van der Waals surface area (Å²) in [5.74, 6) is 0.885. The molecule has 0 aliphatic rings. The van der Waals surface area contributed by atoms with Gasteiger partial charge in [0.15, 0.2) is 5.96 Å². The molecule has 0 saturated carbocycles. The molecule has 4 N–H and O–H groups in total. The average molecular weight is 344 g/mol. The van der Waals surface area contributed by atoms with Gasteiger partial charge in [-0.05, 0) is 41.5 Å². The van der Waals surface area contributed by atoms with Crippen molar-refractivity contribution in [3.05, 3.63) is 57.8 Å². The Bertz CT molecular complexity index is 665. The Hall–Kier alpha value is -2.34. The third-order valence-electron chi connectivity index (χ3n) is 3.67. The van der Waals surface area contributed by atoms with Crippen molar-refractivity contribution >= 4 is 23.2 Å². The molecule has 24 heavy (non-hydrogen) atoms. The van der Waals surface area contributed by atoms with Gasteiger partial charge >= 0.3 is 0 Å².